The number of anilines is 2. The average Bonchev–Trinajstić information content (AvgIpc) is 3.66. The lowest BCUT2D eigenvalue weighted by molar-refractivity contribution is -0.117. The van der Waals surface area contributed by atoms with Crippen molar-refractivity contribution in [1.29, 1.82) is 0 Å². The number of likely N-dealkylation sites (N-methyl/N-ethyl adjacent to an activating group) is 1. The van der Waals surface area contributed by atoms with Gasteiger partial charge in [0.15, 0.2) is 5.82 Å². The summed E-state index contributed by atoms with van der Waals surface area (Å²) in [6.07, 6.45) is 7.37. The molecule has 194 valence electrons. The summed E-state index contributed by atoms with van der Waals surface area (Å²) in [5, 5.41) is 12.9. The SMILES string of the molecule is COCCN(C)CC=CC(=O)Nc1ccc(-c2cccc(C(C)C(=O)Nc3cc(C4CC4)[nH]n3)c2)cn1. The number of hydrogen-bond acceptors (Lipinski definition) is 6. The lowest BCUT2D eigenvalue weighted by Crippen LogP contribution is -2.23. The molecule has 9 nitrogen and oxygen atoms in total. The Hall–Kier alpha value is -3.82. The number of nitrogens with zero attached hydrogens (tertiary/aromatic N) is 3. The van der Waals surface area contributed by atoms with Gasteiger partial charge < -0.3 is 20.3 Å². The number of carbonyl (C=O) groups is 2. The minimum Gasteiger partial charge on any atom is -0.383 e. The van der Waals surface area contributed by atoms with Crippen molar-refractivity contribution in [2.45, 2.75) is 31.6 Å². The minimum atomic E-state index is -0.354. The maximum atomic E-state index is 12.8. The van der Waals surface area contributed by atoms with Crippen molar-refractivity contribution in [3.8, 4) is 11.1 Å². The number of nitrogens with one attached hydrogen (secondary N) is 3. The second-order valence-corrected chi connectivity index (χ2v) is 9.40. The zero-order valence-corrected chi connectivity index (χ0v) is 21.5. The second kappa shape index (κ2) is 12.4. The predicted octanol–water partition coefficient (Wildman–Crippen LogP) is 4.16. The lowest BCUT2D eigenvalue weighted by Gasteiger charge is -2.13. The van der Waals surface area contributed by atoms with Crippen LogP contribution in [0.15, 0.2) is 60.8 Å². The van der Waals surface area contributed by atoms with E-state index >= 15 is 0 Å². The van der Waals surface area contributed by atoms with E-state index in [0.29, 0.717) is 30.7 Å². The summed E-state index contributed by atoms with van der Waals surface area (Å²) >= 11 is 0. The van der Waals surface area contributed by atoms with Gasteiger partial charge in [0.05, 0.1) is 12.5 Å². The van der Waals surface area contributed by atoms with Gasteiger partial charge in [0, 0.05) is 55.7 Å². The first-order chi connectivity index (χ1) is 17.9. The zero-order chi connectivity index (χ0) is 26.2. The molecule has 1 aliphatic rings. The fraction of sp³-hybridized carbons (Fsp3) is 0.357. The molecule has 1 fully saturated rings. The highest BCUT2D eigenvalue weighted by molar-refractivity contribution is 5.98. The number of hydrogen-bond donors (Lipinski definition) is 3. The minimum absolute atomic E-state index is 0.111. The van der Waals surface area contributed by atoms with Crippen molar-refractivity contribution in [2.75, 3.05) is 44.5 Å². The molecular weight excluding hydrogens is 468 g/mol. The lowest BCUT2D eigenvalue weighted by atomic mass is 9.96. The van der Waals surface area contributed by atoms with E-state index in [0.717, 1.165) is 28.9 Å². The molecule has 0 bridgehead atoms. The molecule has 1 aliphatic carbocycles. The highest BCUT2D eigenvalue weighted by Gasteiger charge is 2.26. The third kappa shape index (κ3) is 7.58. The van der Waals surface area contributed by atoms with Crippen LogP contribution in [0.25, 0.3) is 11.1 Å². The van der Waals surface area contributed by atoms with Crippen molar-refractivity contribution in [2.24, 2.45) is 0 Å². The molecule has 0 spiro atoms. The molecule has 0 saturated heterocycles. The van der Waals surface area contributed by atoms with Crippen LogP contribution in [0.3, 0.4) is 0 Å². The Balaban J connectivity index is 1.32. The van der Waals surface area contributed by atoms with Crippen LogP contribution in [-0.4, -0.2) is 65.7 Å². The van der Waals surface area contributed by atoms with Crippen LogP contribution in [-0.2, 0) is 14.3 Å². The number of aromatic amines is 1. The van der Waals surface area contributed by atoms with Crippen LogP contribution < -0.4 is 10.6 Å². The van der Waals surface area contributed by atoms with Gasteiger partial charge in [-0.2, -0.15) is 5.10 Å². The molecule has 1 aromatic carbocycles. The largest absolute Gasteiger partial charge is 0.383 e. The summed E-state index contributed by atoms with van der Waals surface area (Å²) in [6.45, 7) is 3.97. The Bertz CT molecular complexity index is 1230. The topological polar surface area (TPSA) is 112 Å². The highest BCUT2D eigenvalue weighted by Crippen LogP contribution is 2.39. The molecule has 2 amide bonds. The van der Waals surface area contributed by atoms with Gasteiger partial charge in [0.2, 0.25) is 11.8 Å². The second-order valence-electron chi connectivity index (χ2n) is 9.40. The van der Waals surface area contributed by atoms with Crippen LogP contribution >= 0.6 is 0 Å². The summed E-state index contributed by atoms with van der Waals surface area (Å²) in [5.41, 5.74) is 3.81. The van der Waals surface area contributed by atoms with Crippen LogP contribution in [0.4, 0.5) is 11.6 Å². The molecule has 1 unspecified atom stereocenters. The van der Waals surface area contributed by atoms with Crippen molar-refractivity contribution >= 4 is 23.5 Å². The predicted molar refractivity (Wildman–Crippen MR) is 144 cm³/mol. The first-order valence-electron chi connectivity index (χ1n) is 12.5. The summed E-state index contributed by atoms with van der Waals surface area (Å²) in [4.78, 5) is 31.5. The third-order valence-electron chi connectivity index (χ3n) is 6.36. The molecule has 2 heterocycles. The Morgan fingerprint density at radius 1 is 1.16 bits per heavy atom. The Labute approximate surface area is 217 Å². The van der Waals surface area contributed by atoms with E-state index in [-0.39, 0.29) is 17.7 Å². The first kappa shape index (κ1) is 26.2. The van der Waals surface area contributed by atoms with Crippen LogP contribution in [0.5, 0.6) is 0 Å². The number of amides is 2. The Morgan fingerprint density at radius 3 is 2.73 bits per heavy atom. The van der Waals surface area contributed by atoms with Crippen molar-refractivity contribution in [1.82, 2.24) is 20.1 Å². The number of ether oxygens (including phenoxy) is 1. The van der Waals surface area contributed by atoms with Gasteiger partial charge in [0.1, 0.15) is 5.82 Å². The molecule has 1 atom stereocenters. The van der Waals surface area contributed by atoms with Gasteiger partial charge in [0.25, 0.3) is 0 Å². The maximum absolute atomic E-state index is 12.8. The first-order valence-corrected chi connectivity index (χ1v) is 12.5. The van der Waals surface area contributed by atoms with Gasteiger partial charge >= 0.3 is 0 Å². The van der Waals surface area contributed by atoms with Gasteiger partial charge in [-0.25, -0.2) is 4.98 Å². The molecule has 3 N–H and O–H groups in total. The zero-order valence-electron chi connectivity index (χ0n) is 21.5. The summed E-state index contributed by atoms with van der Waals surface area (Å²) < 4.78 is 5.05. The molecule has 3 aromatic rings. The van der Waals surface area contributed by atoms with Crippen LogP contribution in [0, 0.1) is 0 Å². The average molecular weight is 503 g/mol. The van der Waals surface area contributed by atoms with E-state index in [1.54, 1.807) is 25.4 Å². The summed E-state index contributed by atoms with van der Waals surface area (Å²) in [6, 6.07) is 13.4. The van der Waals surface area contributed by atoms with Gasteiger partial charge in [-0.1, -0.05) is 30.3 Å². The van der Waals surface area contributed by atoms with Gasteiger partial charge in [-0.3, -0.25) is 14.7 Å². The molecule has 0 aliphatic heterocycles. The fourth-order valence-corrected chi connectivity index (χ4v) is 3.86. The summed E-state index contributed by atoms with van der Waals surface area (Å²) in [7, 11) is 3.63. The van der Waals surface area contributed by atoms with Crippen LogP contribution in [0.1, 0.15) is 42.9 Å². The maximum Gasteiger partial charge on any atom is 0.249 e. The van der Waals surface area contributed by atoms with Gasteiger partial charge in [-0.05, 0) is 50.1 Å². The monoisotopic (exact) mass is 502 g/mol. The standard InChI is InChI=1S/C28H34N6O3/c1-19(28(36)31-26-17-24(32-33-26)20-9-10-20)21-6-4-7-22(16-21)23-11-12-25(29-18-23)30-27(35)8-5-13-34(2)14-15-37-3/h4-8,11-12,16-20H,9-10,13-15H2,1-3H3,(H,29,30,35)(H2,31,32,33,36). The molecule has 37 heavy (non-hydrogen) atoms. The number of aromatic nitrogens is 3. The van der Waals surface area contributed by atoms with E-state index in [2.05, 4.69) is 30.7 Å². The van der Waals surface area contributed by atoms with E-state index < -0.39 is 0 Å². The van der Waals surface area contributed by atoms with Crippen molar-refractivity contribution in [3.05, 3.63) is 72.1 Å². The Kier molecular flexibility index (Phi) is 8.81. The van der Waals surface area contributed by atoms with Gasteiger partial charge in [-0.15, -0.1) is 0 Å². The molecule has 9 heteroatoms. The fourth-order valence-electron chi connectivity index (χ4n) is 3.86. The van der Waals surface area contributed by atoms with Crippen molar-refractivity contribution < 1.29 is 14.3 Å². The quantitative estimate of drug-likeness (QED) is 0.321. The molecule has 1 saturated carbocycles. The summed E-state index contributed by atoms with van der Waals surface area (Å²) in [5.74, 6) is 0.885. The normalized spacial score (nSPS) is 14.2. The number of carbonyl (C=O) groups excluding carboxylic acids is 2. The number of H-pyrrole nitrogens is 1. The smallest absolute Gasteiger partial charge is 0.249 e. The number of rotatable bonds is 12. The number of methoxy groups -OCH3 is 1. The molecule has 4 rings (SSSR count). The number of benzene rings is 1. The van der Waals surface area contributed by atoms with E-state index in [9.17, 15) is 9.59 Å². The molecular formula is C28H34N6O3. The van der Waals surface area contributed by atoms with Crippen molar-refractivity contribution in [3.63, 3.8) is 0 Å². The number of pyridine rings is 1. The third-order valence-corrected chi connectivity index (χ3v) is 6.36. The molecule has 2 aromatic heterocycles. The highest BCUT2D eigenvalue weighted by atomic mass is 16.5. The van der Waals surface area contributed by atoms with E-state index in [1.165, 1.54) is 18.9 Å². The van der Waals surface area contributed by atoms with E-state index in [1.807, 2.05) is 50.4 Å². The van der Waals surface area contributed by atoms with E-state index in [4.69, 9.17) is 4.74 Å². The van der Waals surface area contributed by atoms with Crippen LogP contribution in [0.2, 0.25) is 0 Å². The Morgan fingerprint density at radius 2 is 2.00 bits per heavy atom. The molecule has 0 radical (unpaired) electrons.